The molecule has 15 heavy (non-hydrogen) atoms. The van der Waals surface area contributed by atoms with Gasteiger partial charge >= 0.3 is 0 Å². The molecule has 2 aromatic rings. The summed E-state index contributed by atoms with van der Waals surface area (Å²) in [6, 6.07) is 5.47. The molecule has 0 bridgehead atoms. The molecule has 1 aromatic heterocycles. The van der Waals surface area contributed by atoms with E-state index in [1.807, 2.05) is 12.1 Å². The van der Waals surface area contributed by atoms with Crippen molar-refractivity contribution in [3.8, 4) is 10.6 Å². The quantitative estimate of drug-likeness (QED) is 0.895. The van der Waals surface area contributed by atoms with Crippen LogP contribution in [0.5, 0.6) is 0 Å². The van der Waals surface area contributed by atoms with Gasteiger partial charge in [0.25, 0.3) is 0 Å². The molecule has 0 aliphatic carbocycles. The Balaban J connectivity index is 2.40. The fourth-order valence-corrected chi connectivity index (χ4v) is 2.25. The van der Waals surface area contributed by atoms with Gasteiger partial charge in [0.2, 0.25) is 0 Å². The molecule has 0 aliphatic rings. The van der Waals surface area contributed by atoms with Crippen LogP contribution in [0.2, 0.25) is 10.0 Å². The van der Waals surface area contributed by atoms with Gasteiger partial charge in [-0.05, 0) is 12.1 Å². The molecular weight excluding hydrogens is 251 g/mol. The van der Waals surface area contributed by atoms with E-state index in [-0.39, 0.29) is 0 Å². The number of hydrogen-bond donors (Lipinski definition) is 1. The highest BCUT2D eigenvalue weighted by molar-refractivity contribution is 7.15. The first-order valence-corrected chi connectivity index (χ1v) is 5.88. The SMILES string of the molecule is NCc1cnc(-c2ccc(Cl)c(Cl)c2)s1. The van der Waals surface area contributed by atoms with Crippen molar-refractivity contribution in [3.05, 3.63) is 39.3 Å². The zero-order valence-electron chi connectivity index (χ0n) is 7.71. The Kier molecular flexibility index (Phi) is 3.26. The van der Waals surface area contributed by atoms with Crippen LogP contribution in [0.4, 0.5) is 0 Å². The molecular formula is C10H8Cl2N2S. The molecule has 2 rings (SSSR count). The number of thiazole rings is 1. The summed E-state index contributed by atoms with van der Waals surface area (Å²) in [5, 5.41) is 2.00. The summed E-state index contributed by atoms with van der Waals surface area (Å²) in [4.78, 5) is 5.32. The first-order chi connectivity index (χ1) is 7.20. The van der Waals surface area contributed by atoms with Crippen LogP contribution in [0, 0.1) is 0 Å². The molecule has 0 spiro atoms. The number of halogens is 2. The molecule has 0 amide bonds. The van der Waals surface area contributed by atoms with Gasteiger partial charge in [0.15, 0.2) is 0 Å². The molecule has 0 fully saturated rings. The van der Waals surface area contributed by atoms with E-state index in [9.17, 15) is 0 Å². The minimum Gasteiger partial charge on any atom is -0.326 e. The van der Waals surface area contributed by atoms with Crippen molar-refractivity contribution < 1.29 is 0 Å². The van der Waals surface area contributed by atoms with E-state index < -0.39 is 0 Å². The largest absolute Gasteiger partial charge is 0.326 e. The number of benzene rings is 1. The highest BCUT2D eigenvalue weighted by Crippen LogP contribution is 2.30. The van der Waals surface area contributed by atoms with Crippen LogP contribution in [0.25, 0.3) is 10.6 Å². The summed E-state index contributed by atoms with van der Waals surface area (Å²) in [5.41, 5.74) is 6.49. The van der Waals surface area contributed by atoms with Gasteiger partial charge in [0.1, 0.15) is 5.01 Å². The highest BCUT2D eigenvalue weighted by Gasteiger charge is 2.06. The van der Waals surface area contributed by atoms with Crippen molar-refractivity contribution in [2.45, 2.75) is 6.54 Å². The minimum atomic E-state index is 0.513. The van der Waals surface area contributed by atoms with Gasteiger partial charge in [0.05, 0.1) is 10.0 Å². The van der Waals surface area contributed by atoms with Crippen LogP contribution in [0.3, 0.4) is 0 Å². The third kappa shape index (κ3) is 2.32. The van der Waals surface area contributed by atoms with Crippen molar-refractivity contribution in [3.63, 3.8) is 0 Å². The average Bonchev–Trinajstić information content (AvgIpc) is 2.70. The fraction of sp³-hybridized carbons (Fsp3) is 0.100. The van der Waals surface area contributed by atoms with Gasteiger partial charge in [-0.2, -0.15) is 0 Å². The van der Waals surface area contributed by atoms with Gasteiger partial charge in [-0.3, -0.25) is 0 Å². The van der Waals surface area contributed by atoms with Crippen LogP contribution in [0.1, 0.15) is 4.88 Å². The number of aromatic nitrogens is 1. The van der Waals surface area contributed by atoms with Crippen LogP contribution < -0.4 is 5.73 Å². The van der Waals surface area contributed by atoms with Crippen molar-refractivity contribution >= 4 is 34.5 Å². The molecule has 0 aliphatic heterocycles. The lowest BCUT2D eigenvalue weighted by atomic mass is 10.2. The predicted molar refractivity (Wildman–Crippen MR) is 65.5 cm³/mol. The Morgan fingerprint density at radius 1 is 1.27 bits per heavy atom. The number of nitrogens with two attached hydrogens (primary N) is 1. The Labute approximate surface area is 102 Å². The molecule has 0 saturated carbocycles. The minimum absolute atomic E-state index is 0.513. The Morgan fingerprint density at radius 2 is 2.07 bits per heavy atom. The van der Waals surface area contributed by atoms with Crippen LogP contribution in [0.15, 0.2) is 24.4 Å². The second-order valence-electron chi connectivity index (χ2n) is 2.96. The third-order valence-electron chi connectivity index (χ3n) is 1.92. The lowest BCUT2D eigenvalue weighted by Crippen LogP contribution is -1.91. The van der Waals surface area contributed by atoms with Crippen molar-refractivity contribution in [1.29, 1.82) is 0 Å². The molecule has 1 heterocycles. The van der Waals surface area contributed by atoms with Crippen LogP contribution in [-0.2, 0) is 6.54 Å². The average molecular weight is 259 g/mol. The summed E-state index contributed by atoms with van der Waals surface area (Å²) >= 11 is 13.3. The van der Waals surface area contributed by atoms with Crippen LogP contribution >= 0.6 is 34.5 Å². The maximum atomic E-state index is 5.92. The monoisotopic (exact) mass is 258 g/mol. The van der Waals surface area contributed by atoms with E-state index in [1.165, 1.54) is 0 Å². The van der Waals surface area contributed by atoms with E-state index in [2.05, 4.69) is 4.98 Å². The van der Waals surface area contributed by atoms with Gasteiger partial charge in [-0.1, -0.05) is 29.3 Å². The van der Waals surface area contributed by atoms with E-state index in [0.717, 1.165) is 15.4 Å². The third-order valence-corrected chi connectivity index (χ3v) is 3.73. The molecule has 1 aromatic carbocycles. The Morgan fingerprint density at radius 3 is 2.67 bits per heavy atom. The van der Waals surface area contributed by atoms with Crippen LogP contribution in [-0.4, -0.2) is 4.98 Å². The summed E-state index contributed by atoms with van der Waals surface area (Å²) in [6.45, 7) is 0.513. The standard InChI is InChI=1S/C10H8Cl2N2S/c11-8-2-1-6(3-9(8)12)10-14-5-7(4-13)15-10/h1-3,5H,4,13H2. The van der Waals surface area contributed by atoms with Crippen molar-refractivity contribution in [2.75, 3.05) is 0 Å². The van der Waals surface area contributed by atoms with Crippen molar-refractivity contribution in [1.82, 2.24) is 4.98 Å². The Bertz CT molecular complexity index is 482. The lowest BCUT2D eigenvalue weighted by molar-refractivity contribution is 1.10. The Hall–Kier alpha value is -0.610. The normalized spacial score (nSPS) is 10.6. The second kappa shape index (κ2) is 4.49. The molecule has 0 unspecified atom stereocenters. The summed E-state index contributed by atoms with van der Waals surface area (Å²) in [6.07, 6.45) is 1.78. The molecule has 5 heteroatoms. The predicted octanol–water partition coefficient (Wildman–Crippen LogP) is 3.58. The van der Waals surface area contributed by atoms with Crippen molar-refractivity contribution in [2.24, 2.45) is 5.73 Å². The summed E-state index contributed by atoms with van der Waals surface area (Å²) < 4.78 is 0. The number of hydrogen-bond acceptors (Lipinski definition) is 3. The van der Waals surface area contributed by atoms with E-state index >= 15 is 0 Å². The topological polar surface area (TPSA) is 38.9 Å². The number of rotatable bonds is 2. The molecule has 0 atom stereocenters. The van der Waals surface area contributed by atoms with E-state index in [0.29, 0.717) is 16.6 Å². The lowest BCUT2D eigenvalue weighted by Gasteiger charge is -1.98. The van der Waals surface area contributed by atoms with Gasteiger partial charge in [0, 0.05) is 23.2 Å². The highest BCUT2D eigenvalue weighted by atomic mass is 35.5. The molecule has 0 radical (unpaired) electrons. The molecule has 2 N–H and O–H groups in total. The maximum absolute atomic E-state index is 5.92. The smallest absolute Gasteiger partial charge is 0.123 e. The number of nitrogens with zero attached hydrogens (tertiary/aromatic N) is 1. The molecule has 0 saturated heterocycles. The summed E-state index contributed by atoms with van der Waals surface area (Å²) in [5.74, 6) is 0. The van der Waals surface area contributed by atoms with Gasteiger partial charge < -0.3 is 5.73 Å². The zero-order valence-corrected chi connectivity index (χ0v) is 10.0. The maximum Gasteiger partial charge on any atom is 0.123 e. The van der Waals surface area contributed by atoms with Gasteiger partial charge in [-0.25, -0.2) is 4.98 Å². The van der Waals surface area contributed by atoms with Gasteiger partial charge in [-0.15, -0.1) is 11.3 Å². The molecule has 78 valence electrons. The zero-order chi connectivity index (χ0) is 10.8. The van der Waals surface area contributed by atoms with E-state index in [4.69, 9.17) is 28.9 Å². The van der Waals surface area contributed by atoms with E-state index in [1.54, 1.807) is 23.6 Å². The first kappa shape index (κ1) is 10.9. The first-order valence-electron chi connectivity index (χ1n) is 4.31. The molecule has 2 nitrogen and oxygen atoms in total. The second-order valence-corrected chi connectivity index (χ2v) is 4.89. The fourth-order valence-electron chi connectivity index (χ4n) is 1.16. The summed E-state index contributed by atoms with van der Waals surface area (Å²) in [7, 11) is 0.